The topological polar surface area (TPSA) is 75.6 Å². The number of hydrogen-bond donors (Lipinski definition) is 2. The van der Waals surface area contributed by atoms with Crippen molar-refractivity contribution in [3.63, 3.8) is 0 Å². The molecule has 100 valence electrons. The Balaban J connectivity index is 3.17. The molecule has 9 heteroatoms. The Morgan fingerprint density at radius 2 is 1.94 bits per heavy atom. The van der Waals surface area contributed by atoms with Crippen molar-refractivity contribution in [1.29, 1.82) is 0 Å². The summed E-state index contributed by atoms with van der Waals surface area (Å²) in [6.07, 6.45) is -5.08. The largest absolute Gasteiger partial charge is 0.487 e. The number of alkyl halides is 3. The highest BCUT2D eigenvalue weighted by Crippen LogP contribution is 2.39. The molecule has 0 saturated carbocycles. The van der Waals surface area contributed by atoms with Gasteiger partial charge in [0.1, 0.15) is 10.6 Å². The third kappa shape index (κ3) is 2.73. The number of methoxy groups -OCH3 is 1. The molecular formula is C9H8F3NO4S. The summed E-state index contributed by atoms with van der Waals surface area (Å²) in [5.74, 6) is -3.67. The highest BCUT2D eigenvalue weighted by atomic mass is 32.1. The summed E-state index contributed by atoms with van der Waals surface area (Å²) < 4.78 is 41.0. The molecule has 1 rings (SSSR count). The molecule has 1 aromatic rings. The van der Waals surface area contributed by atoms with Crippen LogP contribution in [0.5, 0.6) is 5.06 Å². The van der Waals surface area contributed by atoms with Crippen LogP contribution < -0.4 is 10.1 Å². The van der Waals surface area contributed by atoms with E-state index in [0.29, 0.717) is 11.3 Å². The zero-order valence-corrected chi connectivity index (χ0v) is 10.0. The molecule has 0 saturated heterocycles. The fourth-order valence-electron chi connectivity index (χ4n) is 1.21. The lowest BCUT2D eigenvalue weighted by atomic mass is 10.2. The van der Waals surface area contributed by atoms with Crippen molar-refractivity contribution in [2.75, 3.05) is 12.4 Å². The zero-order chi connectivity index (χ0) is 14.1. The zero-order valence-electron chi connectivity index (χ0n) is 9.21. The maximum Gasteiger partial charge on any atom is 0.471 e. The van der Waals surface area contributed by atoms with Gasteiger partial charge in [-0.05, 0) is 6.92 Å². The van der Waals surface area contributed by atoms with Gasteiger partial charge in [0, 0.05) is 5.56 Å². The van der Waals surface area contributed by atoms with Gasteiger partial charge in [-0.1, -0.05) is 11.3 Å². The average Bonchev–Trinajstić information content (AvgIpc) is 2.53. The van der Waals surface area contributed by atoms with Crippen LogP contribution in [0, 0.1) is 6.92 Å². The number of carbonyl (C=O) groups is 2. The molecule has 1 aromatic heterocycles. The molecule has 0 radical (unpaired) electrons. The normalized spacial score (nSPS) is 11.2. The molecule has 0 spiro atoms. The van der Waals surface area contributed by atoms with Gasteiger partial charge in [-0.15, -0.1) is 0 Å². The van der Waals surface area contributed by atoms with E-state index in [4.69, 9.17) is 9.84 Å². The first-order chi connectivity index (χ1) is 8.18. The van der Waals surface area contributed by atoms with Gasteiger partial charge < -0.3 is 15.2 Å². The number of anilines is 1. The van der Waals surface area contributed by atoms with E-state index in [2.05, 4.69) is 0 Å². The summed E-state index contributed by atoms with van der Waals surface area (Å²) in [7, 11) is 1.25. The van der Waals surface area contributed by atoms with Crippen LogP contribution in [-0.2, 0) is 4.79 Å². The Kier molecular flexibility index (Phi) is 3.85. The molecule has 0 aliphatic carbocycles. The number of rotatable bonds is 3. The molecule has 0 aliphatic rings. The Hall–Kier alpha value is -1.77. The van der Waals surface area contributed by atoms with Crippen molar-refractivity contribution < 1.29 is 32.6 Å². The van der Waals surface area contributed by atoms with E-state index >= 15 is 0 Å². The number of aromatic carboxylic acids is 1. The summed E-state index contributed by atoms with van der Waals surface area (Å²) in [5.41, 5.74) is -0.248. The van der Waals surface area contributed by atoms with Gasteiger partial charge in [-0.25, -0.2) is 4.79 Å². The van der Waals surface area contributed by atoms with Crippen LogP contribution in [0.4, 0.5) is 18.2 Å². The predicted octanol–water partition coefficient (Wildman–Crippen LogP) is 2.26. The van der Waals surface area contributed by atoms with E-state index in [0.717, 1.165) is 0 Å². The lowest BCUT2D eigenvalue weighted by molar-refractivity contribution is -0.167. The van der Waals surface area contributed by atoms with E-state index < -0.39 is 28.6 Å². The molecule has 18 heavy (non-hydrogen) atoms. The van der Waals surface area contributed by atoms with Crippen molar-refractivity contribution >= 4 is 28.2 Å². The fourth-order valence-corrected chi connectivity index (χ4v) is 2.22. The van der Waals surface area contributed by atoms with Crippen LogP contribution in [0.3, 0.4) is 0 Å². The van der Waals surface area contributed by atoms with Crippen molar-refractivity contribution in [3.05, 3.63) is 11.1 Å². The highest BCUT2D eigenvalue weighted by molar-refractivity contribution is 7.18. The Morgan fingerprint density at radius 1 is 1.39 bits per heavy atom. The molecule has 0 unspecified atom stereocenters. The summed E-state index contributed by atoms with van der Waals surface area (Å²) in [6.45, 7) is 1.38. The fraction of sp³-hybridized carbons (Fsp3) is 0.333. The number of halogens is 3. The summed E-state index contributed by atoms with van der Waals surface area (Å²) >= 11 is 0.624. The van der Waals surface area contributed by atoms with Gasteiger partial charge >= 0.3 is 18.1 Å². The Labute approximate surface area is 103 Å². The molecule has 1 amide bonds. The average molecular weight is 283 g/mol. The minimum absolute atomic E-state index is 0.130. The molecule has 0 fully saturated rings. The Bertz CT molecular complexity index is 495. The molecule has 0 atom stereocenters. The molecule has 0 aliphatic heterocycles. The lowest BCUT2D eigenvalue weighted by Gasteiger charge is -2.06. The number of hydrogen-bond acceptors (Lipinski definition) is 4. The van der Waals surface area contributed by atoms with Crippen LogP contribution in [0.2, 0.25) is 0 Å². The number of amides is 1. The molecule has 0 aromatic carbocycles. The minimum Gasteiger partial charge on any atom is -0.487 e. The van der Waals surface area contributed by atoms with E-state index in [-0.39, 0.29) is 10.6 Å². The second kappa shape index (κ2) is 4.84. The number of carboxylic acid groups (broad SMARTS) is 1. The van der Waals surface area contributed by atoms with Crippen LogP contribution in [0.15, 0.2) is 0 Å². The van der Waals surface area contributed by atoms with Crippen LogP contribution in [0.25, 0.3) is 0 Å². The standard InChI is InChI=1S/C9H8F3NO4S/c1-3-4(6(14)15)5(18-7(3)17-2)13-8(16)9(10,11)12/h1-2H3,(H,13,16)(H,14,15). The smallest absolute Gasteiger partial charge is 0.471 e. The van der Waals surface area contributed by atoms with Gasteiger partial charge in [-0.2, -0.15) is 13.2 Å². The molecule has 1 heterocycles. The van der Waals surface area contributed by atoms with E-state index in [1.165, 1.54) is 19.4 Å². The first kappa shape index (κ1) is 14.3. The van der Waals surface area contributed by atoms with Gasteiger partial charge in [0.2, 0.25) is 0 Å². The van der Waals surface area contributed by atoms with Gasteiger partial charge in [0.25, 0.3) is 0 Å². The van der Waals surface area contributed by atoms with Crippen LogP contribution in [0.1, 0.15) is 15.9 Å². The molecule has 5 nitrogen and oxygen atoms in total. The number of nitrogens with one attached hydrogen (secondary N) is 1. The second-order valence-corrected chi connectivity index (χ2v) is 4.16. The molecular weight excluding hydrogens is 275 g/mol. The molecule has 2 N–H and O–H groups in total. The highest BCUT2D eigenvalue weighted by Gasteiger charge is 2.40. The minimum atomic E-state index is -5.08. The number of carboxylic acids is 1. The van der Waals surface area contributed by atoms with E-state index in [9.17, 15) is 22.8 Å². The maximum atomic E-state index is 12.1. The SMILES string of the molecule is COc1sc(NC(=O)C(F)(F)F)c(C(=O)O)c1C. The monoisotopic (exact) mass is 283 g/mol. The lowest BCUT2D eigenvalue weighted by Crippen LogP contribution is -2.30. The van der Waals surface area contributed by atoms with Crippen LogP contribution in [-0.4, -0.2) is 30.3 Å². The van der Waals surface area contributed by atoms with Crippen LogP contribution >= 0.6 is 11.3 Å². The summed E-state index contributed by atoms with van der Waals surface area (Å²) in [6, 6.07) is 0. The second-order valence-electron chi connectivity index (χ2n) is 3.18. The number of carbonyl (C=O) groups excluding carboxylic acids is 1. The van der Waals surface area contributed by atoms with E-state index in [1.807, 2.05) is 0 Å². The quantitative estimate of drug-likeness (QED) is 0.892. The van der Waals surface area contributed by atoms with E-state index in [1.54, 1.807) is 0 Å². The third-order valence-corrected chi connectivity index (χ3v) is 3.16. The van der Waals surface area contributed by atoms with Crippen molar-refractivity contribution in [2.45, 2.75) is 13.1 Å². The Morgan fingerprint density at radius 3 is 2.33 bits per heavy atom. The maximum absolute atomic E-state index is 12.1. The number of ether oxygens (including phenoxy) is 1. The molecule has 0 bridgehead atoms. The predicted molar refractivity (Wildman–Crippen MR) is 57.3 cm³/mol. The van der Waals surface area contributed by atoms with Crippen molar-refractivity contribution in [2.24, 2.45) is 0 Å². The van der Waals surface area contributed by atoms with Gasteiger partial charge in [0.05, 0.1) is 7.11 Å². The summed E-state index contributed by atoms with van der Waals surface area (Å²) in [4.78, 5) is 21.7. The third-order valence-electron chi connectivity index (χ3n) is 1.99. The first-order valence-corrected chi connectivity index (χ1v) is 5.29. The van der Waals surface area contributed by atoms with Gasteiger partial charge in [-0.3, -0.25) is 4.79 Å². The van der Waals surface area contributed by atoms with Gasteiger partial charge in [0.15, 0.2) is 5.06 Å². The number of thiophene rings is 1. The van der Waals surface area contributed by atoms with Crippen molar-refractivity contribution in [3.8, 4) is 5.06 Å². The summed E-state index contributed by atoms with van der Waals surface area (Å²) in [5, 5.41) is 10.1. The first-order valence-electron chi connectivity index (χ1n) is 4.47. The van der Waals surface area contributed by atoms with Crippen molar-refractivity contribution in [1.82, 2.24) is 0 Å².